The van der Waals surface area contributed by atoms with Gasteiger partial charge in [0.05, 0.1) is 5.69 Å². The molecule has 0 fully saturated rings. The fourth-order valence-corrected chi connectivity index (χ4v) is 2.56. The Morgan fingerprint density at radius 3 is 2.65 bits per heavy atom. The normalized spacial score (nSPS) is 10.6. The van der Waals surface area contributed by atoms with Crippen LogP contribution in [0.2, 0.25) is 0 Å². The van der Waals surface area contributed by atoms with E-state index in [-0.39, 0.29) is 0 Å². The Bertz CT molecular complexity index is 946. The summed E-state index contributed by atoms with van der Waals surface area (Å²) in [5, 5.41) is 5.58. The molecule has 0 aliphatic carbocycles. The van der Waals surface area contributed by atoms with E-state index in [0.29, 0.717) is 0 Å². The summed E-state index contributed by atoms with van der Waals surface area (Å²) in [6.07, 6.45) is 5.23. The van der Waals surface area contributed by atoms with Crippen LogP contribution in [-0.2, 0) is 0 Å². The van der Waals surface area contributed by atoms with E-state index in [0.717, 1.165) is 33.5 Å². The van der Waals surface area contributed by atoms with Crippen LogP contribution in [0.1, 0.15) is 0 Å². The third-order valence-corrected chi connectivity index (χ3v) is 3.68. The molecule has 4 nitrogen and oxygen atoms in total. The second-order valence-corrected chi connectivity index (χ2v) is 5.18. The van der Waals surface area contributed by atoms with Gasteiger partial charge < -0.3 is 5.32 Å². The number of fused-ring (bicyclic) bond motifs is 1. The Balaban J connectivity index is 1.72. The lowest BCUT2D eigenvalue weighted by Gasteiger charge is -2.09. The fraction of sp³-hybridized carbons (Fsp3) is 0. The van der Waals surface area contributed by atoms with Gasteiger partial charge in [0.25, 0.3) is 0 Å². The molecule has 0 atom stereocenters. The van der Waals surface area contributed by atoms with E-state index in [9.17, 15) is 0 Å². The van der Waals surface area contributed by atoms with Crippen molar-refractivity contribution >= 4 is 22.3 Å². The molecule has 2 aromatic heterocycles. The van der Waals surface area contributed by atoms with Crippen molar-refractivity contribution in [2.24, 2.45) is 0 Å². The van der Waals surface area contributed by atoms with Gasteiger partial charge in [0, 0.05) is 40.5 Å². The molecule has 0 unspecified atom stereocenters. The average Bonchev–Trinajstić information content (AvgIpc) is 2.63. The van der Waals surface area contributed by atoms with Crippen molar-refractivity contribution in [3.63, 3.8) is 0 Å². The Morgan fingerprint density at radius 2 is 1.74 bits per heavy atom. The van der Waals surface area contributed by atoms with Crippen molar-refractivity contribution < 1.29 is 0 Å². The number of benzene rings is 2. The quantitative estimate of drug-likeness (QED) is 0.607. The summed E-state index contributed by atoms with van der Waals surface area (Å²) in [4.78, 5) is 12.8. The van der Waals surface area contributed by atoms with Crippen molar-refractivity contribution in [1.82, 2.24) is 15.0 Å². The SMILES string of the molecule is c1ccc(-c2cc(Nc3cccc4cnccc34)ncn2)cc1. The van der Waals surface area contributed by atoms with E-state index in [4.69, 9.17) is 0 Å². The molecule has 0 saturated carbocycles. The van der Waals surface area contributed by atoms with Gasteiger partial charge >= 0.3 is 0 Å². The monoisotopic (exact) mass is 298 g/mol. The summed E-state index contributed by atoms with van der Waals surface area (Å²) >= 11 is 0. The second-order valence-electron chi connectivity index (χ2n) is 5.18. The van der Waals surface area contributed by atoms with Crippen LogP contribution in [0.25, 0.3) is 22.0 Å². The van der Waals surface area contributed by atoms with E-state index < -0.39 is 0 Å². The standard InChI is InChI=1S/C19H14N4/c1-2-5-14(6-3-1)18-11-19(22-13-21-18)23-17-8-4-7-15-12-20-10-9-16(15)17/h1-13H,(H,21,22,23). The first kappa shape index (κ1) is 13.4. The molecule has 0 bridgehead atoms. The lowest BCUT2D eigenvalue weighted by molar-refractivity contribution is 1.17. The summed E-state index contributed by atoms with van der Waals surface area (Å²) < 4.78 is 0. The molecular formula is C19H14N4. The van der Waals surface area contributed by atoms with Crippen LogP contribution < -0.4 is 5.32 Å². The van der Waals surface area contributed by atoms with E-state index in [2.05, 4.69) is 20.3 Å². The van der Waals surface area contributed by atoms with Crippen LogP contribution in [0, 0.1) is 0 Å². The van der Waals surface area contributed by atoms with E-state index in [1.165, 1.54) is 0 Å². The van der Waals surface area contributed by atoms with Crippen molar-refractivity contribution in [2.75, 3.05) is 5.32 Å². The van der Waals surface area contributed by atoms with Crippen molar-refractivity contribution in [3.8, 4) is 11.3 Å². The predicted octanol–water partition coefficient (Wildman–Crippen LogP) is 4.44. The topological polar surface area (TPSA) is 50.7 Å². The van der Waals surface area contributed by atoms with Crippen LogP contribution in [-0.4, -0.2) is 15.0 Å². The Morgan fingerprint density at radius 1 is 0.826 bits per heavy atom. The molecule has 0 radical (unpaired) electrons. The number of nitrogens with zero attached hydrogens (tertiary/aromatic N) is 3. The highest BCUT2D eigenvalue weighted by Gasteiger charge is 2.04. The van der Waals surface area contributed by atoms with Gasteiger partial charge in [-0.3, -0.25) is 4.98 Å². The molecule has 4 rings (SSSR count). The number of nitrogens with one attached hydrogen (secondary N) is 1. The molecule has 110 valence electrons. The predicted molar refractivity (Wildman–Crippen MR) is 92.5 cm³/mol. The minimum Gasteiger partial charge on any atom is -0.340 e. The first-order valence-corrected chi connectivity index (χ1v) is 7.37. The number of aromatic nitrogens is 3. The van der Waals surface area contributed by atoms with Crippen molar-refractivity contribution in [1.29, 1.82) is 0 Å². The third-order valence-electron chi connectivity index (χ3n) is 3.68. The summed E-state index contributed by atoms with van der Waals surface area (Å²) in [6, 6.07) is 20.1. The lowest BCUT2D eigenvalue weighted by atomic mass is 10.1. The third kappa shape index (κ3) is 2.74. The first-order chi connectivity index (χ1) is 11.4. The Labute approximate surface area is 133 Å². The Hall–Kier alpha value is -3.27. The van der Waals surface area contributed by atoms with Gasteiger partial charge in [-0.05, 0) is 12.1 Å². The van der Waals surface area contributed by atoms with Gasteiger partial charge in [-0.15, -0.1) is 0 Å². The lowest BCUT2D eigenvalue weighted by Crippen LogP contribution is -1.96. The zero-order valence-corrected chi connectivity index (χ0v) is 12.3. The van der Waals surface area contributed by atoms with Crippen LogP contribution >= 0.6 is 0 Å². The first-order valence-electron chi connectivity index (χ1n) is 7.37. The van der Waals surface area contributed by atoms with E-state index in [1.54, 1.807) is 12.5 Å². The number of hydrogen-bond donors (Lipinski definition) is 1. The fourth-order valence-electron chi connectivity index (χ4n) is 2.56. The van der Waals surface area contributed by atoms with E-state index in [1.807, 2.05) is 66.9 Å². The van der Waals surface area contributed by atoms with Gasteiger partial charge in [-0.2, -0.15) is 0 Å². The highest BCUT2D eigenvalue weighted by atomic mass is 15.0. The highest BCUT2D eigenvalue weighted by Crippen LogP contribution is 2.26. The Kier molecular flexibility index (Phi) is 3.41. The molecule has 2 aromatic carbocycles. The molecule has 1 N–H and O–H groups in total. The molecular weight excluding hydrogens is 284 g/mol. The van der Waals surface area contributed by atoms with Crippen LogP contribution in [0.4, 0.5) is 11.5 Å². The summed E-state index contributed by atoms with van der Waals surface area (Å²) in [7, 11) is 0. The minimum absolute atomic E-state index is 0.767. The second kappa shape index (κ2) is 5.85. The van der Waals surface area contributed by atoms with E-state index >= 15 is 0 Å². The maximum absolute atomic E-state index is 4.35. The van der Waals surface area contributed by atoms with Crippen molar-refractivity contribution in [2.45, 2.75) is 0 Å². The molecule has 0 spiro atoms. The maximum Gasteiger partial charge on any atom is 0.134 e. The number of pyridine rings is 1. The molecule has 0 amide bonds. The van der Waals surface area contributed by atoms with Gasteiger partial charge in [-0.25, -0.2) is 9.97 Å². The minimum atomic E-state index is 0.767. The summed E-state index contributed by atoms with van der Waals surface area (Å²) in [6.45, 7) is 0. The molecule has 4 aromatic rings. The van der Waals surface area contributed by atoms with Gasteiger partial charge in [-0.1, -0.05) is 42.5 Å². The highest BCUT2D eigenvalue weighted by molar-refractivity contribution is 5.94. The van der Waals surface area contributed by atoms with Crippen LogP contribution in [0.3, 0.4) is 0 Å². The number of hydrogen-bond acceptors (Lipinski definition) is 4. The van der Waals surface area contributed by atoms with Gasteiger partial charge in [0.1, 0.15) is 12.1 Å². The summed E-state index contributed by atoms with van der Waals surface area (Å²) in [5.41, 5.74) is 2.97. The van der Waals surface area contributed by atoms with Gasteiger partial charge in [0.2, 0.25) is 0 Å². The molecule has 0 aliphatic rings. The molecule has 2 heterocycles. The van der Waals surface area contributed by atoms with Gasteiger partial charge in [0.15, 0.2) is 0 Å². The largest absolute Gasteiger partial charge is 0.340 e. The van der Waals surface area contributed by atoms with Crippen molar-refractivity contribution in [3.05, 3.63) is 79.4 Å². The number of anilines is 2. The average molecular weight is 298 g/mol. The number of rotatable bonds is 3. The molecule has 23 heavy (non-hydrogen) atoms. The zero-order valence-electron chi connectivity index (χ0n) is 12.3. The smallest absolute Gasteiger partial charge is 0.134 e. The zero-order chi connectivity index (χ0) is 15.5. The van der Waals surface area contributed by atoms with Crippen LogP contribution in [0.15, 0.2) is 79.4 Å². The summed E-state index contributed by atoms with van der Waals surface area (Å²) in [5.74, 6) is 0.767. The molecule has 0 aliphatic heterocycles. The van der Waals surface area contributed by atoms with Crippen LogP contribution in [0.5, 0.6) is 0 Å². The molecule has 4 heteroatoms. The maximum atomic E-state index is 4.35. The molecule has 0 saturated heterocycles.